The molecule has 1 aromatic rings. The maximum Gasteiger partial charge on any atom is 1.00 e. The predicted octanol–water partition coefficient (Wildman–Crippen LogP) is 0.220. The van der Waals surface area contributed by atoms with Crippen molar-refractivity contribution in [3.8, 4) is 0 Å². The number of hydrogen-bond acceptors (Lipinski definition) is 0. The van der Waals surface area contributed by atoms with Gasteiger partial charge in [-0.05, 0) is 18.1 Å². The minimum Gasteiger partial charge on any atom is -0.449 e. The standard InChI is InChI=1S/C8H8BF4.K/c10-8-4-2-1-3-7(8)5-6-9(11,12)13;/h1-4H,5-6H2;/q-1;+1. The molecular weight excluding hydrogens is 222 g/mol. The Kier molecular flexibility index (Phi) is 6.56. The van der Waals surface area contributed by atoms with E-state index in [4.69, 9.17) is 0 Å². The second kappa shape index (κ2) is 6.27. The summed E-state index contributed by atoms with van der Waals surface area (Å²) in [4.78, 5) is 0. The molecule has 0 unspecified atom stereocenters. The maximum atomic E-state index is 12.8. The molecule has 6 heteroatoms. The average Bonchev–Trinajstić information content (AvgIpc) is 2.01. The van der Waals surface area contributed by atoms with Crippen molar-refractivity contribution in [3.05, 3.63) is 35.6 Å². The van der Waals surface area contributed by atoms with Gasteiger partial charge >= 0.3 is 58.4 Å². The van der Waals surface area contributed by atoms with E-state index in [0.717, 1.165) is 0 Å². The molecule has 1 aromatic carbocycles. The number of rotatable bonds is 3. The van der Waals surface area contributed by atoms with E-state index in [0.29, 0.717) is 0 Å². The van der Waals surface area contributed by atoms with E-state index in [1.165, 1.54) is 24.3 Å². The van der Waals surface area contributed by atoms with Crippen molar-refractivity contribution >= 4 is 6.98 Å². The third kappa shape index (κ3) is 5.50. The van der Waals surface area contributed by atoms with Crippen LogP contribution in [0.25, 0.3) is 0 Å². The zero-order valence-electron chi connectivity index (χ0n) is 7.81. The normalized spacial score (nSPS) is 10.9. The van der Waals surface area contributed by atoms with Gasteiger partial charge in [0.25, 0.3) is 0 Å². The first kappa shape index (κ1) is 14.6. The van der Waals surface area contributed by atoms with Gasteiger partial charge in [-0.15, -0.1) is 0 Å². The second-order valence-corrected chi connectivity index (χ2v) is 2.84. The van der Waals surface area contributed by atoms with Crippen molar-refractivity contribution in [2.45, 2.75) is 12.7 Å². The second-order valence-electron chi connectivity index (χ2n) is 2.84. The molecule has 1 rings (SSSR count). The van der Waals surface area contributed by atoms with Crippen molar-refractivity contribution < 1.29 is 68.7 Å². The smallest absolute Gasteiger partial charge is 0.449 e. The van der Waals surface area contributed by atoms with Gasteiger partial charge in [0.15, 0.2) is 0 Å². The third-order valence-corrected chi connectivity index (χ3v) is 1.70. The predicted molar refractivity (Wildman–Crippen MR) is 44.0 cm³/mol. The van der Waals surface area contributed by atoms with Crippen molar-refractivity contribution in [3.63, 3.8) is 0 Å². The first-order valence-electron chi connectivity index (χ1n) is 3.93. The Hall–Kier alpha value is 0.641. The monoisotopic (exact) mass is 230 g/mol. The molecule has 0 aliphatic heterocycles. The molecule has 0 saturated carbocycles. The summed E-state index contributed by atoms with van der Waals surface area (Å²) in [6.07, 6.45) is -1.18. The Bertz CT molecular complexity index is 287. The molecule has 72 valence electrons. The van der Waals surface area contributed by atoms with E-state index in [9.17, 15) is 17.3 Å². The maximum absolute atomic E-state index is 12.8. The van der Waals surface area contributed by atoms with Gasteiger partial charge in [0.1, 0.15) is 5.82 Å². The molecule has 0 bridgehead atoms. The summed E-state index contributed by atoms with van der Waals surface area (Å²) < 4.78 is 48.2. The topological polar surface area (TPSA) is 0 Å². The van der Waals surface area contributed by atoms with Crippen LogP contribution in [0.5, 0.6) is 0 Å². The molecule has 0 saturated heterocycles. The van der Waals surface area contributed by atoms with E-state index in [1.807, 2.05) is 0 Å². The molecule has 0 heterocycles. The van der Waals surface area contributed by atoms with Crippen molar-refractivity contribution in [1.29, 1.82) is 0 Å². The molecule has 0 N–H and O–H groups in total. The summed E-state index contributed by atoms with van der Waals surface area (Å²) in [7, 11) is 0. The Morgan fingerprint density at radius 1 is 1.07 bits per heavy atom. The van der Waals surface area contributed by atoms with Crippen molar-refractivity contribution in [2.75, 3.05) is 0 Å². The zero-order valence-corrected chi connectivity index (χ0v) is 10.9. The molecular formula is C8H8BF4K. The van der Waals surface area contributed by atoms with Crippen LogP contribution in [0.2, 0.25) is 6.32 Å². The minimum atomic E-state index is -4.81. The van der Waals surface area contributed by atoms with Gasteiger partial charge < -0.3 is 12.9 Å². The molecule has 0 spiro atoms. The van der Waals surface area contributed by atoms with E-state index in [-0.39, 0.29) is 63.4 Å². The summed E-state index contributed by atoms with van der Waals surface area (Å²) in [6, 6.07) is 5.52. The molecule has 0 radical (unpaired) electrons. The Balaban J connectivity index is 0.00000169. The van der Waals surface area contributed by atoms with Crippen molar-refractivity contribution in [2.24, 2.45) is 0 Å². The van der Waals surface area contributed by atoms with Crippen LogP contribution in [0, 0.1) is 5.82 Å². The number of benzene rings is 1. The number of halogens is 4. The van der Waals surface area contributed by atoms with E-state index in [2.05, 4.69) is 0 Å². The molecule has 0 aliphatic rings. The van der Waals surface area contributed by atoms with Crippen LogP contribution < -0.4 is 51.4 Å². The Morgan fingerprint density at radius 2 is 1.64 bits per heavy atom. The summed E-state index contributed by atoms with van der Waals surface area (Å²) in [5.41, 5.74) is 0.127. The van der Waals surface area contributed by atoms with Gasteiger partial charge in [0.2, 0.25) is 0 Å². The number of aryl methyl sites for hydroxylation is 1. The van der Waals surface area contributed by atoms with Gasteiger partial charge in [-0.25, -0.2) is 4.39 Å². The molecule has 0 aromatic heterocycles. The Labute approximate surface area is 123 Å². The summed E-state index contributed by atoms with van der Waals surface area (Å²) in [5.74, 6) is -0.567. The molecule has 0 fully saturated rings. The van der Waals surface area contributed by atoms with Gasteiger partial charge in [-0.1, -0.05) is 24.5 Å². The SMILES string of the molecule is Fc1ccccc1CC[B-](F)(F)F.[K+]. The molecule has 0 nitrogen and oxygen atoms in total. The van der Waals surface area contributed by atoms with Crippen LogP contribution in [-0.2, 0) is 6.42 Å². The first-order valence-corrected chi connectivity index (χ1v) is 3.93. The third-order valence-electron chi connectivity index (χ3n) is 1.70. The van der Waals surface area contributed by atoms with E-state index < -0.39 is 19.1 Å². The molecule has 0 aliphatic carbocycles. The molecule has 0 atom stereocenters. The minimum absolute atomic E-state index is 0. The van der Waals surface area contributed by atoms with E-state index in [1.54, 1.807) is 0 Å². The van der Waals surface area contributed by atoms with Crippen LogP contribution in [0.4, 0.5) is 17.3 Å². The number of hydrogen-bond donors (Lipinski definition) is 0. The summed E-state index contributed by atoms with van der Waals surface area (Å²) >= 11 is 0. The van der Waals surface area contributed by atoms with Gasteiger partial charge in [-0.2, -0.15) is 0 Å². The quantitative estimate of drug-likeness (QED) is 0.514. The van der Waals surface area contributed by atoms with Crippen molar-refractivity contribution in [1.82, 2.24) is 0 Å². The van der Waals surface area contributed by atoms with Crippen LogP contribution in [0.15, 0.2) is 24.3 Å². The molecule has 0 amide bonds. The van der Waals surface area contributed by atoms with Gasteiger partial charge in [-0.3, -0.25) is 0 Å². The largest absolute Gasteiger partial charge is 1.00 e. The Morgan fingerprint density at radius 3 is 2.14 bits per heavy atom. The van der Waals surface area contributed by atoms with E-state index >= 15 is 0 Å². The van der Waals surface area contributed by atoms with Crippen LogP contribution >= 0.6 is 0 Å². The van der Waals surface area contributed by atoms with Crippen LogP contribution in [0.1, 0.15) is 5.56 Å². The van der Waals surface area contributed by atoms with Crippen LogP contribution in [0.3, 0.4) is 0 Å². The fourth-order valence-electron chi connectivity index (χ4n) is 1.02. The first-order chi connectivity index (χ1) is 5.99. The zero-order chi connectivity index (χ0) is 9.90. The average molecular weight is 230 g/mol. The van der Waals surface area contributed by atoms with Gasteiger partial charge in [0.05, 0.1) is 0 Å². The fourth-order valence-corrected chi connectivity index (χ4v) is 1.02. The van der Waals surface area contributed by atoms with Crippen LogP contribution in [-0.4, -0.2) is 6.98 Å². The fraction of sp³-hybridized carbons (Fsp3) is 0.250. The molecule has 14 heavy (non-hydrogen) atoms. The van der Waals surface area contributed by atoms with Gasteiger partial charge in [0, 0.05) is 0 Å². The summed E-state index contributed by atoms with van der Waals surface area (Å²) in [5, 5.41) is 0. The summed E-state index contributed by atoms with van der Waals surface area (Å²) in [6.45, 7) is -4.81.